The van der Waals surface area contributed by atoms with E-state index in [0.29, 0.717) is 0 Å². The van der Waals surface area contributed by atoms with Gasteiger partial charge in [-0.1, -0.05) is 127 Å². The molecule has 51 heavy (non-hydrogen) atoms. The van der Waals surface area contributed by atoms with E-state index in [-0.39, 0.29) is 0 Å². The van der Waals surface area contributed by atoms with Crippen molar-refractivity contribution in [1.82, 2.24) is 0 Å². The van der Waals surface area contributed by atoms with E-state index in [0.717, 1.165) is 42.7 Å². The zero-order chi connectivity index (χ0) is 34.0. The van der Waals surface area contributed by atoms with Crippen LogP contribution in [0.2, 0.25) is 0 Å². The van der Waals surface area contributed by atoms with E-state index < -0.39 is 0 Å². The van der Waals surface area contributed by atoms with Crippen LogP contribution in [0.5, 0.6) is 0 Å². The van der Waals surface area contributed by atoms with Gasteiger partial charge in [0, 0.05) is 17.1 Å². The van der Waals surface area contributed by atoms with Gasteiger partial charge in [0.15, 0.2) is 0 Å². The average Bonchev–Trinajstić information content (AvgIpc) is 3.22. The third kappa shape index (κ3) is 6.24. The number of fused-ring (bicyclic) bond motifs is 2. The number of nitrogens with zero attached hydrogens (tertiary/aromatic N) is 1. The predicted octanol–water partition coefficient (Wildman–Crippen LogP) is 14.0. The van der Waals surface area contributed by atoms with Crippen molar-refractivity contribution < 1.29 is 0 Å². The van der Waals surface area contributed by atoms with Crippen LogP contribution in [0.4, 0.5) is 17.1 Å². The summed E-state index contributed by atoms with van der Waals surface area (Å²) >= 11 is 0. The van der Waals surface area contributed by atoms with Gasteiger partial charge in [0.25, 0.3) is 0 Å². The minimum Gasteiger partial charge on any atom is -0.311 e. The molecule has 0 unspecified atom stereocenters. The molecule has 0 saturated heterocycles. The Hall–Kier alpha value is -6.18. The molecule has 0 aliphatic heterocycles. The van der Waals surface area contributed by atoms with Gasteiger partial charge in [-0.25, -0.2) is 0 Å². The van der Waals surface area contributed by atoms with Crippen LogP contribution in [0, 0.1) is 0 Å². The summed E-state index contributed by atoms with van der Waals surface area (Å²) in [7, 11) is 0. The second-order valence-electron chi connectivity index (χ2n) is 13.6. The van der Waals surface area contributed by atoms with E-state index in [1.807, 2.05) is 0 Å². The van der Waals surface area contributed by atoms with Crippen LogP contribution in [0.3, 0.4) is 0 Å². The summed E-state index contributed by atoms with van der Waals surface area (Å²) in [5.74, 6) is 0. The number of aryl methyl sites for hydroxylation is 1. The minimum absolute atomic E-state index is 1.11. The van der Waals surface area contributed by atoms with E-state index in [4.69, 9.17) is 0 Å². The van der Waals surface area contributed by atoms with Crippen molar-refractivity contribution in [1.29, 1.82) is 0 Å². The first-order valence-corrected chi connectivity index (χ1v) is 18.1. The van der Waals surface area contributed by atoms with Crippen molar-refractivity contribution in [2.45, 2.75) is 25.7 Å². The summed E-state index contributed by atoms with van der Waals surface area (Å²) in [5.41, 5.74) is 16.2. The standard InChI is InChI=1S/C50H39N/c1-3-12-36(13-4-1)38-24-28-47(29-25-38)51(46-19-5-2-6-20-46)48-30-26-39(27-31-48)41-17-11-18-42(32-41)45-34-43-16-9-10-21-49(43)50(35-45)44-23-22-37-14-7-8-15-40(37)33-44/h2-3,5-6,8-13,15-35H,1,4,7,14H2. The molecule has 0 radical (unpaired) electrons. The fraction of sp³-hybridized carbons (Fsp3) is 0.0800. The van der Waals surface area contributed by atoms with Gasteiger partial charge in [0.1, 0.15) is 0 Å². The first kappa shape index (κ1) is 30.8. The minimum atomic E-state index is 1.11. The van der Waals surface area contributed by atoms with Gasteiger partial charge < -0.3 is 4.90 Å². The van der Waals surface area contributed by atoms with Crippen LogP contribution in [0.1, 0.15) is 36.0 Å². The Morgan fingerprint density at radius 3 is 1.88 bits per heavy atom. The lowest BCUT2D eigenvalue weighted by Gasteiger charge is -2.26. The maximum Gasteiger partial charge on any atom is 0.0462 e. The Kier molecular flexibility index (Phi) is 8.24. The molecule has 0 bridgehead atoms. The van der Waals surface area contributed by atoms with Crippen molar-refractivity contribution in [3.8, 4) is 33.4 Å². The number of hydrogen-bond acceptors (Lipinski definition) is 1. The topological polar surface area (TPSA) is 3.24 Å². The lowest BCUT2D eigenvalue weighted by Crippen LogP contribution is -2.09. The number of para-hydroxylation sites is 1. The third-order valence-electron chi connectivity index (χ3n) is 10.3. The fourth-order valence-electron chi connectivity index (χ4n) is 7.65. The number of hydrogen-bond donors (Lipinski definition) is 0. The summed E-state index contributed by atoms with van der Waals surface area (Å²) in [6, 6.07) is 58.1. The number of anilines is 3. The van der Waals surface area contributed by atoms with Crippen molar-refractivity contribution in [3.63, 3.8) is 0 Å². The molecular formula is C50H39N. The molecule has 0 fully saturated rings. The Labute approximate surface area is 301 Å². The molecular weight excluding hydrogens is 615 g/mol. The fourth-order valence-corrected chi connectivity index (χ4v) is 7.65. The molecule has 7 aromatic rings. The molecule has 1 nitrogen and oxygen atoms in total. The summed E-state index contributed by atoms with van der Waals surface area (Å²) in [5, 5.41) is 2.54. The largest absolute Gasteiger partial charge is 0.311 e. The van der Waals surface area contributed by atoms with Gasteiger partial charge in [-0.3, -0.25) is 0 Å². The molecule has 244 valence electrons. The first-order chi connectivity index (χ1) is 25.3. The molecule has 0 amide bonds. The average molecular weight is 654 g/mol. The quantitative estimate of drug-likeness (QED) is 0.165. The van der Waals surface area contributed by atoms with E-state index >= 15 is 0 Å². The predicted molar refractivity (Wildman–Crippen MR) is 219 cm³/mol. The van der Waals surface area contributed by atoms with Gasteiger partial charge in [0.2, 0.25) is 0 Å². The normalized spacial score (nSPS) is 13.5. The van der Waals surface area contributed by atoms with Crippen molar-refractivity contribution in [3.05, 3.63) is 199 Å². The lowest BCUT2D eigenvalue weighted by molar-refractivity contribution is 0.986. The van der Waals surface area contributed by atoms with E-state index in [1.54, 1.807) is 0 Å². The second-order valence-corrected chi connectivity index (χ2v) is 13.6. The van der Waals surface area contributed by atoms with E-state index in [9.17, 15) is 0 Å². The van der Waals surface area contributed by atoms with Crippen LogP contribution in [0.25, 0.3) is 55.8 Å². The highest BCUT2D eigenvalue weighted by atomic mass is 15.1. The van der Waals surface area contributed by atoms with E-state index in [1.165, 1.54) is 66.4 Å². The number of rotatable bonds is 7. The van der Waals surface area contributed by atoms with Crippen LogP contribution < -0.4 is 4.90 Å². The van der Waals surface area contributed by atoms with Crippen LogP contribution in [-0.4, -0.2) is 0 Å². The Morgan fingerprint density at radius 1 is 0.412 bits per heavy atom. The van der Waals surface area contributed by atoms with Crippen molar-refractivity contribution in [2.24, 2.45) is 0 Å². The number of allylic oxidation sites excluding steroid dienone is 5. The molecule has 2 aliphatic rings. The van der Waals surface area contributed by atoms with Crippen LogP contribution in [-0.2, 0) is 6.42 Å². The molecule has 0 atom stereocenters. The molecule has 1 heteroatoms. The summed E-state index contributed by atoms with van der Waals surface area (Å²) in [6.07, 6.45) is 15.9. The SMILES string of the molecule is C1=CC(c2ccc(N(c3ccccc3)c3ccc(-c4cccc(-c5cc(-c6ccc7c(c6)C=CCC7)c6ccccc6c5)c4)cc3)cc2)=CCC1. The Balaban J connectivity index is 1.05. The summed E-state index contributed by atoms with van der Waals surface area (Å²) in [4.78, 5) is 2.34. The second kappa shape index (κ2) is 13.6. The van der Waals surface area contributed by atoms with Gasteiger partial charge in [0.05, 0.1) is 0 Å². The van der Waals surface area contributed by atoms with Gasteiger partial charge in [-0.05, 0) is 153 Å². The Morgan fingerprint density at radius 2 is 1.10 bits per heavy atom. The molecule has 0 heterocycles. The zero-order valence-corrected chi connectivity index (χ0v) is 28.7. The Bertz CT molecular complexity index is 2440. The monoisotopic (exact) mass is 653 g/mol. The van der Waals surface area contributed by atoms with Gasteiger partial charge in [-0.2, -0.15) is 0 Å². The summed E-state index contributed by atoms with van der Waals surface area (Å²) < 4.78 is 0. The molecule has 0 saturated carbocycles. The van der Waals surface area contributed by atoms with E-state index in [2.05, 4.69) is 193 Å². The zero-order valence-electron chi connectivity index (χ0n) is 28.7. The van der Waals surface area contributed by atoms with Crippen molar-refractivity contribution in [2.75, 3.05) is 4.90 Å². The maximum absolute atomic E-state index is 2.38. The number of benzene rings is 7. The molecule has 2 aliphatic carbocycles. The molecule has 0 spiro atoms. The highest BCUT2D eigenvalue weighted by molar-refractivity contribution is 6.00. The third-order valence-corrected chi connectivity index (χ3v) is 10.3. The first-order valence-electron chi connectivity index (χ1n) is 18.1. The molecule has 0 aromatic heterocycles. The molecule has 7 aromatic carbocycles. The van der Waals surface area contributed by atoms with Crippen molar-refractivity contribution >= 4 is 39.5 Å². The highest BCUT2D eigenvalue weighted by Gasteiger charge is 2.15. The maximum atomic E-state index is 2.38. The lowest BCUT2D eigenvalue weighted by atomic mass is 9.89. The van der Waals surface area contributed by atoms with Crippen LogP contribution in [0.15, 0.2) is 182 Å². The highest BCUT2D eigenvalue weighted by Crippen LogP contribution is 2.39. The molecule has 9 rings (SSSR count). The molecule has 0 N–H and O–H groups in total. The van der Waals surface area contributed by atoms with Gasteiger partial charge >= 0.3 is 0 Å². The van der Waals surface area contributed by atoms with Gasteiger partial charge in [-0.15, -0.1) is 0 Å². The van der Waals surface area contributed by atoms with Crippen LogP contribution >= 0.6 is 0 Å². The smallest absolute Gasteiger partial charge is 0.0462 e. The summed E-state index contributed by atoms with van der Waals surface area (Å²) in [6.45, 7) is 0.